The molecular weight excluding hydrogens is 172 g/mol. The van der Waals surface area contributed by atoms with Gasteiger partial charge in [-0.2, -0.15) is 5.26 Å². The highest BCUT2D eigenvalue weighted by Crippen LogP contribution is 2.20. The molecule has 0 bridgehead atoms. The molecule has 0 aliphatic heterocycles. The van der Waals surface area contributed by atoms with Gasteiger partial charge in [0.05, 0.1) is 11.6 Å². The molecule has 2 rings (SSSR count). The Hall–Kier alpha value is -2.14. The Kier molecular flexibility index (Phi) is 2.24. The summed E-state index contributed by atoms with van der Waals surface area (Å²) < 4.78 is 0. The molecule has 0 aliphatic carbocycles. The van der Waals surface area contributed by atoms with E-state index in [1.165, 1.54) is 0 Å². The van der Waals surface area contributed by atoms with Gasteiger partial charge in [-0.1, -0.05) is 24.3 Å². The maximum atomic E-state index is 8.89. The van der Waals surface area contributed by atoms with E-state index in [2.05, 4.69) is 17.1 Å². The van der Waals surface area contributed by atoms with E-state index in [0.717, 1.165) is 11.1 Å². The third kappa shape index (κ3) is 1.48. The Morgan fingerprint density at radius 3 is 2.93 bits per heavy atom. The minimum Gasteiger partial charge on any atom is -0.264 e. The first-order chi connectivity index (χ1) is 6.92. The number of benzene rings is 1. The predicted molar refractivity (Wildman–Crippen MR) is 53.2 cm³/mol. The molecule has 0 saturated heterocycles. The lowest BCUT2D eigenvalue weighted by Gasteiger charge is -2.01. The molecule has 2 aromatic rings. The fourth-order valence-electron chi connectivity index (χ4n) is 1.27. The first-order valence-corrected chi connectivity index (χ1v) is 4.23. The van der Waals surface area contributed by atoms with E-state index in [4.69, 9.17) is 5.26 Å². The van der Waals surface area contributed by atoms with Gasteiger partial charge in [-0.15, -0.1) is 0 Å². The average Bonchev–Trinajstić information content (AvgIpc) is 2.30. The summed E-state index contributed by atoms with van der Waals surface area (Å²) in [5, 5.41) is 8.89. The molecule has 1 heterocycles. The molecule has 65 valence electrons. The van der Waals surface area contributed by atoms with Crippen molar-refractivity contribution < 1.29 is 0 Å². The second kappa shape index (κ2) is 3.71. The van der Waals surface area contributed by atoms with Crippen molar-refractivity contribution in [2.75, 3.05) is 0 Å². The Balaban J connectivity index is 2.58. The molecule has 0 saturated carbocycles. The third-order valence-electron chi connectivity index (χ3n) is 1.94. The van der Waals surface area contributed by atoms with Crippen molar-refractivity contribution in [3.05, 3.63) is 54.4 Å². The number of aromatic nitrogens is 1. The normalized spacial score (nSPS) is 9.36. The summed E-state index contributed by atoms with van der Waals surface area (Å²) in [5.74, 6) is 0. The highest BCUT2D eigenvalue weighted by Gasteiger charge is 2.02. The molecule has 2 heteroatoms. The molecular formula is C12H7N2. The molecule has 14 heavy (non-hydrogen) atoms. The summed E-state index contributed by atoms with van der Waals surface area (Å²) in [6.45, 7) is 0. The van der Waals surface area contributed by atoms with Crippen LogP contribution in [0.2, 0.25) is 0 Å². The summed E-state index contributed by atoms with van der Waals surface area (Å²) in [5.41, 5.74) is 2.36. The van der Waals surface area contributed by atoms with Crippen LogP contribution >= 0.6 is 0 Å². The zero-order valence-electron chi connectivity index (χ0n) is 7.44. The highest BCUT2D eigenvalue weighted by atomic mass is 14.6. The second-order valence-electron chi connectivity index (χ2n) is 2.81. The van der Waals surface area contributed by atoms with E-state index in [-0.39, 0.29) is 0 Å². The Bertz CT molecular complexity index is 469. The van der Waals surface area contributed by atoms with Crippen molar-refractivity contribution in [3.63, 3.8) is 0 Å². The molecule has 0 unspecified atom stereocenters. The van der Waals surface area contributed by atoms with Crippen LogP contribution in [-0.2, 0) is 0 Å². The van der Waals surface area contributed by atoms with Gasteiger partial charge in [-0.25, -0.2) is 0 Å². The summed E-state index contributed by atoms with van der Waals surface area (Å²) >= 11 is 0. The number of pyridine rings is 1. The fourth-order valence-corrected chi connectivity index (χ4v) is 1.27. The Labute approximate surface area is 82.5 Å². The number of hydrogen-bond acceptors (Lipinski definition) is 2. The molecule has 0 atom stereocenters. The third-order valence-corrected chi connectivity index (χ3v) is 1.94. The van der Waals surface area contributed by atoms with E-state index in [9.17, 15) is 0 Å². The van der Waals surface area contributed by atoms with Crippen LogP contribution in [-0.4, -0.2) is 4.98 Å². The number of hydrogen-bond donors (Lipinski definition) is 0. The van der Waals surface area contributed by atoms with E-state index < -0.39 is 0 Å². The van der Waals surface area contributed by atoms with Crippen LogP contribution in [0.3, 0.4) is 0 Å². The van der Waals surface area contributed by atoms with Crippen LogP contribution in [0.4, 0.5) is 0 Å². The standard InChI is InChI=1S/C12H7N2/c13-8-11-6-7-14-9-12(11)10-4-2-1-3-5-10/h1-4,6-7,9H. The van der Waals surface area contributed by atoms with E-state index in [0.29, 0.717) is 5.56 Å². The zero-order chi connectivity index (χ0) is 9.80. The maximum Gasteiger partial charge on any atom is 0.0999 e. The van der Waals surface area contributed by atoms with Gasteiger partial charge in [0, 0.05) is 18.0 Å². The van der Waals surface area contributed by atoms with Crippen molar-refractivity contribution >= 4 is 0 Å². The minimum atomic E-state index is 0.627. The topological polar surface area (TPSA) is 36.7 Å². The van der Waals surface area contributed by atoms with Crippen molar-refractivity contribution in [1.29, 1.82) is 5.26 Å². The molecule has 0 spiro atoms. The monoisotopic (exact) mass is 179 g/mol. The molecule has 0 fully saturated rings. The number of nitrogens with zero attached hydrogens (tertiary/aromatic N) is 2. The van der Waals surface area contributed by atoms with Crippen LogP contribution < -0.4 is 0 Å². The molecule has 2 nitrogen and oxygen atoms in total. The maximum absolute atomic E-state index is 8.89. The van der Waals surface area contributed by atoms with Crippen LogP contribution in [0.5, 0.6) is 0 Å². The van der Waals surface area contributed by atoms with Crippen LogP contribution in [0.25, 0.3) is 11.1 Å². The van der Waals surface area contributed by atoms with Gasteiger partial charge in [-0.3, -0.25) is 4.98 Å². The van der Waals surface area contributed by atoms with Crippen LogP contribution in [0.1, 0.15) is 5.56 Å². The summed E-state index contributed by atoms with van der Waals surface area (Å²) in [7, 11) is 0. The van der Waals surface area contributed by atoms with Gasteiger partial charge >= 0.3 is 0 Å². The van der Waals surface area contributed by atoms with E-state index in [1.807, 2.05) is 24.3 Å². The summed E-state index contributed by atoms with van der Waals surface area (Å²) in [4.78, 5) is 4.00. The fraction of sp³-hybridized carbons (Fsp3) is 0. The zero-order valence-corrected chi connectivity index (χ0v) is 7.44. The number of nitriles is 1. The van der Waals surface area contributed by atoms with Crippen molar-refractivity contribution in [3.8, 4) is 17.2 Å². The van der Waals surface area contributed by atoms with Gasteiger partial charge in [0.15, 0.2) is 0 Å². The molecule has 1 aromatic heterocycles. The Morgan fingerprint density at radius 2 is 2.21 bits per heavy atom. The van der Waals surface area contributed by atoms with Crippen molar-refractivity contribution in [2.45, 2.75) is 0 Å². The van der Waals surface area contributed by atoms with Gasteiger partial charge in [0.2, 0.25) is 0 Å². The van der Waals surface area contributed by atoms with E-state index in [1.54, 1.807) is 18.5 Å². The molecule has 0 aliphatic rings. The van der Waals surface area contributed by atoms with Crippen molar-refractivity contribution in [1.82, 2.24) is 4.98 Å². The molecule has 1 aromatic carbocycles. The van der Waals surface area contributed by atoms with Crippen molar-refractivity contribution in [2.24, 2.45) is 0 Å². The van der Waals surface area contributed by atoms with Gasteiger partial charge < -0.3 is 0 Å². The lowest BCUT2D eigenvalue weighted by molar-refractivity contribution is 1.31. The second-order valence-corrected chi connectivity index (χ2v) is 2.81. The lowest BCUT2D eigenvalue weighted by atomic mass is 10.0. The quantitative estimate of drug-likeness (QED) is 0.674. The summed E-state index contributed by atoms with van der Waals surface area (Å²) in [6.07, 6.45) is 3.30. The molecule has 0 N–H and O–H groups in total. The first-order valence-electron chi connectivity index (χ1n) is 4.23. The van der Waals surface area contributed by atoms with Crippen LogP contribution in [0.15, 0.2) is 42.7 Å². The van der Waals surface area contributed by atoms with E-state index >= 15 is 0 Å². The average molecular weight is 179 g/mol. The predicted octanol–water partition coefficient (Wildman–Crippen LogP) is 2.42. The van der Waals surface area contributed by atoms with Crippen LogP contribution in [0, 0.1) is 17.4 Å². The minimum absolute atomic E-state index is 0.627. The summed E-state index contributed by atoms with van der Waals surface area (Å²) in [6, 6.07) is 14.5. The SMILES string of the molecule is N#Cc1ccncc1-c1[c]cccc1. The smallest absolute Gasteiger partial charge is 0.0999 e. The van der Waals surface area contributed by atoms with Gasteiger partial charge in [0.25, 0.3) is 0 Å². The van der Waals surface area contributed by atoms with Gasteiger partial charge in [-0.05, 0) is 17.7 Å². The number of rotatable bonds is 1. The highest BCUT2D eigenvalue weighted by molar-refractivity contribution is 5.68. The Morgan fingerprint density at radius 1 is 1.29 bits per heavy atom. The molecule has 0 amide bonds. The molecule has 1 radical (unpaired) electrons. The van der Waals surface area contributed by atoms with Gasteiger partial charge in [0.1, 0.15) is 0 Å². The largest absolute Gasteiger partial charge is 0.264 e. The first kappa shape index (κ1) is 8.46. The lowest BCUT2D eigenvalue weighted by Crippen LogP contribution is -1.85.